The highest BCUT2D eigenvalue weighted by Crippen LogP contribution is 2.17. The molecule has 22 heavy (non-hydrogen) atoms. The number of nitrogens with zero attached hydrogens (tertiary/aromatic N) is 1. The van der Waals surface area contributed by atoms with Crippen LogP contribution in [0.5, 0.6) is 0 Å². The van der Waals surface area contributed by atoms with Crippen molar-refractivity contribution >= 4 is 27.5 Å². The predicted octanol–water partition coefficient (Wildman–Crippen LogP) is 3.68. The van der Waals surface area contributed by atoms with Crippen molar-refractivity contribution in [3.05, 3.63) is 62.5 Å². The molecule has 1 heterocycles. The van der Waals surface area contributed by atoms with Crippen LogP contribution in [0.3, 0.4) is 0 Å². The number of aryl methyl sites for hydroxylation is 1. The van der Waals surface area contributed by atoms with E-state index in [1.807, 2.05) is 24.3 Å². The summed E-state index contributed by atoms with van der Waals surface area (Å²) in [5.74, 6) is 0.227. The highest BCUT2D eigenvalue weighted by atomic mass is 79.9. The van der Waals surface area contributed by atoms with Gasteiger partial charge in [0.25, 0.3) is 5.56 Å². The van der Waals surface area contributed by atoms with Gasteiger partial charge in [-0.15, -0.1) is 0 Å². The Kier molecular flexibility index (Phi) is 5.19. The number of pyridine rings is 1. The third-order valence-electron chi connectivity index (χ3n) is 3.41. The molecule has 0 aliphatic rings. The summed E-state index contributed by atoms with van der Waals surface area (Å²) >= 11 is 3.33. The van der Waals surface area contributed by atoms with Gasteiger partial charge in [-0.05, 0) is 52.5 Å². The van der Waals surface area contributed by atoms with Crippen molar-refractivity contribution in [2.75, 3.05) is 5.32 Å². The average molecular weight is 363 g/mol. The van der Waals surface area contributed by atoms with Crippen molar-refractivity contribution in [3.8, 4) is 0 Å². The maximum absolute atomic E-state index is 12.1. The highest BCUT2D eigenvalue weighted by molar-refractivity contribution is 9.10. The van der Waals surface area contributed by atoms with Gasteiger partial charge in [0.2, 0.25) is 5.91 Å². The SMILES string of the molecule is Cc1cc(Br)cn(CC(=O)Nc2ccc(C(C)C)cc2)c1=O. The van der Waals surface area contributed by atoms with Crippen molar-refractivity contribution < 1.29 is 4.79 Å². The van der Waals surface area contributed by atoms with Gasteiger partial charge in [-0.25, -0.2) is 0 Å². The summed E-state index contributed by atoms with van der Waals surface area (Å²) in [6.45, 7) is 5.96. The predicted molar refractivity (Wildman–Crippen MR) is 92.3 cm³/mol. The maximum atomic E-state index is 12.1. The first-order chi connectivity index (χ1) is 10.4. The Hall–Kier alpha value is -1.88. The minimum Gasteiger partial charge on any atom is -0.325 e. The van der Waals surface area contributed by atoms with Gasteiger partial charge in [0.05, 0.1) is 0 Å². The fraction of sp³-hybridized carbons (Fsp3) is 0.294. The van der Waals surface area contributed by atoms with E-state index in [0.717, 1.165) is 10.2 Å². The summed E-state index contributed by atoms with van der Waals surface area (Å²) in [5, 5.41) is 2.81. The number of aromatic nitrogens is 1. The zero-order valence-corrected chi connectivity index (χ0v) is 14.5. The second-order valence-corrected chi connectivity index (χ2v) is 6.51. The molecule has 1 aromatic heterocycles. The van der Waals surface area contributed by atoms with Gasteiger partial charge < -0.3 is 9.88 Å². The number of benzene rings is 1. The van der Waals surface area contributed by atoms with Crippen molar-refractivity contribution in [1.29, 1.82) is 0 Å². The Bertz CT molecular complexity index is 733. The van der Waals surface area contributed by atoms with E-state index >= 15 is 0 Å². The van der Waals surface area contributed by atoms with Crippen LogP contribution in [0.2, 0.25) is 0 Å². The molecule has 0 unspecified atom stereocenters. The van der Waals surface area contributed by atoms with Crippen LogP contribution >= 0.6 is 15.9 Å². The number of hydrogen-bond donors (Lipinski definition) is 1. The molecule has 5 heteroatoms. The number of carbonyl (C=O) groups is 1. The van der Waals surface area contributed by atoms with Gasteiger partial charge in [0, 0.05) is 21.9 Å². The molecule has 1 amide bonds. The van der Waals surface area contributed by atoms with Crippen molar-refractivity contribution in [2.45, 2.75) is 33.2 Å². The zero-order valence-electron chi connectivity index (χ0n) is 12.9. The fourth-order valence-corrected chi connectivity index (χ4v) is 2.75. The smallest absolute Gasteiger partial charge is 0.253 e. The fourth-order valence-electron chi connectivity index (χ4n) is 2.16. The number of halogens is 1. The number of nitrogens with one attached hydrogen (secondary N) is 1. The maximum Gasteiger partial charge on any atom is 0.253 e. The number of amides is 1. The molecule has 0 aliphatic carbocycles. The van der Waals surface area contributed by atoms with Gasteiger partial charge in [-0.1, -0.05) is 26.0 Å². The summed E-state index contributed by atoms with van der Waals surface area (Å²) < 4.78 is 2.18. The molecule has 0 atom stereocenters. The van der Waals surface area contributed by atoms with Gasteiger partial charge in [-0.3, -0.25) is 9.59 Å². The van der Waals surface area contributed by atoms with E-state index in [1.165, 1.54) is 10.1 Å². The summed E-state index contributed by atoms with van der Waals surface area (Å²) in [7, 11) is 0. The van der Waals surface area contributed by atoms with E-state index in [4.69, 9.17) is 0 Å². The van der Waals surface area contributed by atoms with Crippen LogP contribution in [0.15, 0.2) is 45.8 Å². The first-order valence-electron chi connectivity index (χ1n) is 7.13. The lowest BCUT2D eigenvalue weighted by Gasteiger charge is -2.10. The number of anilines is 1. The van der Waals surface area contributed by atoms with Crippen molar-refractivity contribution in [2.24, 2.45) is 0 Å². The molecule has 1 aromatic carbocycles. The molecule has 1 N–H and O–H groups in total. The lowest BCUT2D eigenvalue weighted by Crippen LogP contribution is -2.28. The minimum atomic E-state index is -0.225. The minimum absolute atomic E-state index is 0.00888. The Balaban J connectivity index is 2.09. The van der Waals surface area contributed by atoms with Crippen LogP contribution in [0, 0.1) is 6.92 Å². The number of rotatable bonds is 4. The molecule has 0 bridgehead atoms. The van der Waals surface area contributed by atoms with E-state index in [2.05, 4.69) is 35.1 Å². The first-order valence-corrected chi connectivity index (χ1v) is 7.92. The molecule has 0 saturated heterocycles. The van der Waals surface area contributed by atoms with Crippen LogP contribution in [0.25, 0.3) is 0 Å². The standard InChI is InChI=1S/C17H19BrN2O2/c1-11(2)13-4-6-15(7-5-13)19-16(21)10-20-9-14(18)8-12(3)17(20)22/h4-9,11H,10H2,1-3H3,(H,19,21). The molecule has 116 valence electrons. The summed E-state index contributed by atoms with van der Waals surface area (Å²) in [6.07, 6.45) is 1.62. The molecule has 0 saturated carbocycles. The Morgan fingerprint density at radius 2 is 1.91 bits per heavy atom. The molecule has 0 fully saturated rings. The molecule has 0 radical (unpaired) electrons. The second-order valence-electron chi connectivity index (χ2n) is 5.60. The van der Waals surface area contributed by atoms with Crippen molar-refractivity contribution in [1.82, 2.24) is 4.57 Å². The second kappa shape index (κ2) is 6.92. The van der Waals surface area contributed by atoms with Crippen LogP contribution in [-0.2, 0) is 11.3 Å². The van der Waals surface area contributed by atoms with Crippen LogP contribution in [0.4, 0.5) is 5.69 Å². The zero-order chi connectivity index (χ0) is 16.3. The summed E-state index contributed by atoms with van der Waals surface area (Å²) in [6, 6.07) is 9.48. The van der Waals surface area contributed by atoms with E-state index in [1.54, 1.807) is 19.2 Å². The molecular formula is C17H19BrN2O2. The van der Waals surface area contributed by atoms with Crippen LogP contribution in [-0.4, -0.2) is 10.5 Å². The molecule has 2 aromatic rings. The molecule has 0 spiro atoms. The molecule has 4 nitrogen and oxygen atoms in total. The molecule has 0 aliphatic heterocycles. The van der Waals surface area contributed by atoms with Gasteiger partial charge >= 0.3 is 0 Å². The van der Waals surface area contributed by atoms with E-state index in [9.17, 15) is 9.59 Å². The first kappa shape index (κ1) is 16.5. The number of hydrogen-bond acceptors (Lipinski definition) is 2. The normalized spacial score (nSPS) is 10.8. The third-order valence-corrected chi connectivity index (χ3v) is 3.84. The van der Waals surface area contributed by atoms with Gasteiger partial charge in [-0.2, -0.15) is 0 Å². The molecule has 2 rings (SSSR count). The average Bonchev–Trinajstić information content (AvgIpc) is 2.44. The topological polar surface area (TPSA) is 51.1 Å². The van der Waals surface area contributed by atoms with Crippen LogP contribution in [0.1, 0.15) is 30.9 Å². The van der Waals surface area contributed by atoms with Crippen molar-refractivity contribution in [3.63, 3.8) is 0 Å². The number of carbonyl (C=O) groups excluding carboxylic acids is 1. The highest BCUT2D eigenvalue weighted by Gasteiger charge is 2.08. The largest absolute Gasteiger partial charge is 0.325 e. The summed E-state index contributed by atoms with van der Waals surface area (Å²) in [4.78, 5) is 24.1. The Morgan fingerprint density at radius 3 is 2.50 bits per heavy atom. The Labute approximate surface area is 138 Å². The Morgan fingerprint density at radius 1 is 1.27 bits per heavy atom. The van der Waals surface area contributed by atoms with Gasteiger partial charge in [0.1, 0.15) is 6.54 Å². The van der Waals surface area contributed by atoms with Crippen LogP contribution < -0.4 is 10.9 Å². The lowest BCUT2D eigenvalue weighted by atomic mass is 10.0. The van der Waals surface area contributed by atoms with E-state index in [-0.39, 0.29) is 18.0 Å². The third kappa shape index (κ3) is 4.07. The summed E-state index contributed by atoms with van der Waals surface area (Å²) in [5.41, 5.74) is 2.39. The van der Waals surface area contributed by atoms with E-state index in [0.29, 0.717) is 11.5 Å². The van der Waals surface area contributed by atoms with E-state index < -0.39 is 0 Å². The molecular weight excluding hydrogens is 344 g/mol. The lowest BCUT2D eigenvalue weighted by molar-refractivity contribution is -0.116. The quantitative estimate of drug-likeness (QED) is 0.901. The van der Waals surface area contributed by atoms with Gasteiger partial charge in [0.15, 0.2) is 0 Å². The monoisotopic (exact) mass is 362 g/mol.